The first-order chi connectivity index (χ1) is 14.3. The van der Waals surface area contributed by atoms with Crippen LogP contribution in [0.15, 0.2) is 55.1 Å². The van der Waals surface area contributed by atoms with Crippen LogP contribution < -0.4 is 4.90 Å². The average molecular weight is 388 g/mol. The lowest BCUT2D eigenvalue weighted by Crippen LogP contribution is -2.37. The van der Waals surface area contributed by atoms with Gasteiger partial charge >= 0.3 is 0 Å². The maximum Gasteiger partial charge on any atom is 0.166 e. The van der Waals surface area contributed by atoms with Crippen LogP contribution in [0.4, 0.5) is 5.82 Å². The fourth-order valence-electron chi connectivity index (χ4n) is 3.50. The molecule has 0 aliphatic carbocycles. The Kier molecular flexibility index (Phi) is 4.53. The molecule has 0 unspecified atom stereocenters. The lowest BCUT2D eigenvalue weighted by Gasteiger charge is -2.28. The first-order valence-electron chi connectivity index (χ1n) is 9.52. The van der Waals surface area contributed by atoms with Gasteiger partial charge in [-0.15, -0.1) is 0 Å². The maximum atomic E-state index is 9.91. The number of morpholine rings is 1. The normalized spacial score (nSPS) is 14.4. The summed E-state index contributed by atoms with van der Waals surface area (Å²) in [5.41, 5.74) is 3.41. The molecule has 1 fully saturated rings. The molecule has 4 heterocycles. The number of nitrogens with zero attached hydrogens (tertiary/aromatic N) is 6. The lowest BCUT2D eigenvalue weighted by atomic mass is 10.2. The Bertz CT molecular complexity index is 1140. The molecule has 8 heteroatoms. The number of hydrogen-bond donors (Lipinski definition) is 1. The highest BCUT2D eigenvalue weighted by atomic mass is 16.5. The van der Waals surface area contributed by atoms with Crippen molar-refractivity contribution in [3.05, 3.63) is 60.7 Å². The number of phenols is 1. The Morgan fingerprint density at radius 2 is 1.86 bits per heavy atom. The minimum absolute atomic E-state index is 0.185. The molecular formula is C21H20N6O2. The van der Waals surface area contributed by atoms with Gasteiger partial charge in [-0.2, -0.15) is 0 Å². The second kappa shape index (κ2) is 7.48. The van der Waals surface area contributed by atoms with Crippen LogP contribution >= 0.6 is 0 Å². The van der Waals surface area contributed by atoms with Crippen LogP contribution in [-0.2, 0) is 11.3 Å². The number of imidazole rings is 1. The molecule has 1 N–H and O–H groups in total. The Hall–Kier alpha value is -3.52. The molecule has 1 aromatic carbocycles. The van der Waals surface area contributed by atoms with Crippen LogP contribution in [0.5, 0.6) is 5.75 Å². The van der Waals surface area contributed by atoms with Crippen molar-refractivity contribution in [3.63, 3.8) is 0 Å². The van der Waals surface area contributed by atoms with Gasteiger partial charge in [0.2, 0.25) is 0 Å². The number of phenolic OH excluding ortho intramolecular Hbond substituents is 1. The summed E-state index contributed by atoms with van der Waals surface area (Å²) in [5.74, 6) is 1.54. The van der Waals surface area contributed by atoms with E-state index >= 15 is 0 Å². The molecule has 0 saturated carbocycles. The molecule has 0 radical (unpaired) electrons. The van der Waals surface area contributed by atoms with E-state index in [4.69, 9.17) is 14.7 Å². The monoisotopic (exact) mass is 388 g/mol. The Morgan fingerprint density at radius 3 is 2.66 bits per heavy atom. The number of hydrogen-bond acceptors (Lipinski definition) is 7. The first kappa shape index (κ1) is 17.6. The molecular weight excluding hydrogens is 368 g/mol. The minimum Gasteiger partial charge on any atom is -0.508 e. The van der Waals surface area contributed by atoms with Crippen molar-refractivity contribution in [1.82, 2.24) is 24.5 Å². The van der Waals surface area contributed by atoms with E-state index in [2.05, 4.69) is 14.9 Å². The molecule has 5 rings (SSSR count). The summed E-state index contributed by atoms with van der Waals surface area (Å²) >= 11 is 0. The van der Waals surface area contributed by atoms with Gasteiger partial charge in [-0.1, -0.05) is 12.1 Å². The third-order valence-corrected chi connectivity index (χ3v) is 4.96. The molecule has 1 aliphatic heterocycles. The Labute approximate surface area is 167 Å². The van der Waals surface area contributed by atoms with Crippen molar-refractivity contribution in [3.8, 4) is 17.1 Å². The van der Waals surface area contributed by atoms with Gasteiger partial charge in [0, 0.05) is 31.0 Å². The molecule has 0 spiro atoms. The number of fused-ring (bicyclic) bond motifs is 1. The van der Waals surface area contributed by atoms with Crippen molar-refractivity contribution in [2.24, 2.45) is 0 Å². The van der Waals surface area contributed by atoms with Gasteiger partial charge in [-0.05, 0) is 29.8 Å². The summed E-state index contributed by atoms with van der Waals surface area (Å²) in [7, 11) is 0. The van der Waals surface area contributed by atoms with Crippen molar-refractivity contribution in [2.45, 2.75) is 6.54 Å². The number of anilines is 1. The zero-order valence-corrected chi connectivity index (χ0v) is 15.8. The standard InChI is InChI=1S/C21H20N6O2/c28-17-3-1-2-16(12-17)19-24-20(26-8-10-29-11-9-26)18-21(25-19)27(14-23-18)13-15-4-6-22-7-5-15/h1-7,12,14,28H,8-11,13H2. The van der Waals surface area contributed by atoms with E-state index in [1.165, 1.54) is 0 Å². The molecule has 4 aromatic rings. The van der Waals surface area contributed by atoms with Crippen molar-refractivity contribution in [1.29, 1.82) is 0 Å². The molecule has 29 heavy (non-hydrogen) atoms. The molecule has 1 aliphatic rings. The molecule has 3 aromatic heterocycles. The van der Waals surface area contributed by atoms with Crippen LogP contribution in [-0.4, -0.2) is 55.9 Å². The van der Waals surface area contributed by atoms with Crippen LogP contribution in [0.25, 0.3) is 22.6 Å². The van der Waals surface area contributed by atoms with E-state index in [0.29, 0.717) is 25.6 Å². The quantitative estimate of drug-likeness (QED) is 0.574. The SMILES string of the molecule is Oc1cccc(-c2nc(N3CCOCC3)c3ncn(Cc4ccncc4)c3n2)c1. The molecule has 0 atom stereocenters. The number of ether oxygens (including phenoxy) is 1. The van der Waals surface area contributed by atoms with Gasteiger partial charge in [0.05, 0.1) is 26.1 Å². The van der Waals surface area contributed by atoms with Crippen molar-refractivity contribution >= 4 is 17.0 Å². The van der Waals surface area contributed by atoms with Gasteiger partial charge in [0.25, 0.3) is 0 Å². The fraction of sp³-hybridized carbons (Fsp3) is 0.238. The molecule has 8 nitrogen and oxygen atoms in total. The molecule has 146 valence electrons. The number of pyridine rings is 1. The summed E-state index contributed by atoms with van der Waals surface area (Å²) in [6.07, 6.45) is 5.36. The van der Waals surface area contributed by atoms with E-state index < -0.39 is 0 Å². The fourth-order valence-corrected chi connectivity index (χ4v) is 3.50. The average Bonchev–Trinajstić information content (AvgIpc) is 3.17. The van der Waals surface area contributed by atoms with Gasteiger partial charge in [0.1, 0.15) is 5.75 Å². The van der Waals surface area contributed by atoms with Crippen LogP contribution in [0.2, 0.25) is 0 Å². The van der Waals surface area contributed by atoms with Gasteiger partial charge in [0.15, 0.2) is 22.8 Å². The highest BCUT2D eigenvalue weighted by Gasteiger charge is 2.21. The van der Waals surface area contributed by atoms with E-state index in [1.807, 2.05) is 22.8 Å². The largest absolute Gasteiger partial charge is 0.508 e. The maximum absolute atomic E-state index is 9.91. The second-order valence-electron chi connectivity index (χ2n) is 6.92. The number of benzene rings is 1. The summed E-state index contributed by atoms with van der Waals surface area (Å²) < 4.78 is 7.51. The highest BCUT2D eigenvalue weighted by molar-refractivity contribution is 5.86. The minimum atomic E-state index is 0.185. The predicted molar refractivity (Wildman–Crippen MR) is 109 cm³/mol. The van der Waals surface area contributed by atoms with Crippen LogP contribution in [0.1, 0.15) is 5.56 Å². The lowest BCUT2D eigenvalue weighted by molar-refractivity contribution is 0.122. The van der Waals surface area contributed by atoms with Gasteiger partial charge in [-0.25, -0.2) is 15.0 Å². The summed E-state index contributed by atoms with van der Waals surface area (Å²) in [6, 6.07) is 11.0. The van der Waals surface area contributed by atoms with E-state index in [0.717, 1.165) is 41.2 Å². The predicted octanol–water partition coefficient (Wildman–Crippen LogP) is 2.48. The smallest absolute Gasteiger partial charge is 0.166 e. The Balaban J connectivity index is 1.65. The molecule has 0 bridgehead atoms. The molecule has 1 saturated heterocycles. The topological polar surface area (TPSA) is 89.2 Å². The number of aromatic nitrogens is 5. The van der Waals surface area contributed by atoms with Crippen LogP contribution in [0.3, 0.4) is 0 Å². The number of rotatable bonds is 4. The van der Waals surface area contributed by atoms with E-state index in [9.17, 15) is 5.11 Å². The zero-order chi connectivity index (χ0) is 19.6. The van der Waals surface area contributed by atoms with E-state index in [-0.39, 0.29) is 5.75 Å². The van der Waals surface area contributed by atoms with Gasteiger partial charge < -0.3 is 19.3 Å². The summed E-state index contributed by atoms with van der Waals surface area (Å²) in [6.45, 7) is 3.46. The van der Waals surface area contributed by atoms with Crippen LogP contribution in [0, 0.1) is 0 Å². The van der Waals surface area contributed by atoms with E-state index in [1.54, 1.807) is 36.9 Å². The van der Waals surface area contributed by atoms with Crippen molar-refractivity contribution < 1.29 is 9.84 Å². The number of aromatic hydroxyl groups is 1. The first-order valence-corrected chi connectivity index (χ1v) is 9.52. The summed E-state index contributed by atoms with van der Waals surface area (Å²) in [5, 5.41) is 9.91. The second-order valence-corrected chi connectivity index (χ2v) is 6.92. The molecule has 0 amide bonds. The zero-order valence-electron chi connectivity index (χ0n) is 15.8. The third kappa shape index (κ3) is 3.50. The summed E-state index contributed by atoms with van der Waals surface area (Å²) in [4.78, 5) is 20.5. The highest BCUT2D eigenvalue weighted by Crippen LogP contribution is 2.29. The Morgan fingerprint density at radius 1 is 1.03 bits per heavy atom. The van der Waals surface area contributed by atoms with Gasteiger partial charge in [-0.3, -0.25) is 4.98 Å². The van der Waals surface area contributed by atoms with Crippen molar-refractivity contribution in [2.75, 3.05) is 31.2 Å². The third-order valence-electron chi connectivity index (χ3n) is 4.96.